The lowest BCUT2D eigenvalue weighted by molar-refractivity contribution is 0.0938. The number of nitrogens with two attached hydrogens (primary N) is 1. The van der Waals surface area contributed by atoms with E-state index in [1.807, 2.05) is 26.8 Å². The SMILES string of the molecule is Cc1nc([C@@H](C)NC(=O)c2ccc(C)c(OCCCN)c2)n[nH]1. The fraction of sp³-hybridized carbons (Fsp3) is 0.438. The van der Waals surface area contributed by atoms with Crippen LogP contribution in [-0.4, -0.2) is 34.2 Å². The molecule has 124 valence electrons. The summed E-state index contributed by atoms with van der Waals surface area (Å²) in [5, 5.41) is 9.70. The van der Waals surface area contributed by atoms with Gasteiger partial charge in [-0.05, 0) is 51.4 Å². The third kappa shape index (κ3) is 4.53. The van der Waals surface area contributed by atoms with Crippen LogP contribution in [-0.2, 0) is 0 Å². The number of hydrogen-bond donors (Lipinski definition) is 3. The molecule has 2 aromatic rings. The maximum Gasteiger partial charge on any atom is 0.251 e. The second-order valence-electron chi connectivity index (χ2n) is 5.45. The zero-order valence-corrected chi connectivity index (χ0v) is 13.7. The Morgan fingerprint density at radius 2 is 2.22 bits per heavy atom. The Kier molecular flexibility index (Phi) is 5.70. The molecule has 0 aliphatic carbocycles. The number of hydrogen-bond acceptors (Lipinski definition) is 5. The van der Waals surface area contributed by atoms with Crippen molar-refractivity contribution in [2.45, 2.75) is 33.2 Å². The number of benzene rings is 1. The van der Waals surface area contributed by atoms with Crippen molar-refractivity contribution in [1.29, 1.82) is 0 Å². The van der Waals surface area contributed by atoms with Crippen LogP contribution in [0.2, 0.25) is 0 Å². The highest BCUT2D eigenvalue weighted by atomic mass is 16.5. The maximum atomic E-state index is 12.4. The molecule has 7 heteroatoms. The standard InChI is InChI=1S/C16H23N5O2/c1-10-5-6-13(9-14(10)23-8-4-7-17)16(22)18-11(2)15-19-12(3)20-21-15/h5-6,9,11H,4,7-8,17H2,1-3H3,(H,18,22)(H,19,20,21)/t11-/m1/s1. The van der Waals surface area contributed by atoms with E-state index < -0.39 is 0 Å². The summed E-state index contributed by atoms with van der Waals surface area (Å²) in [5.74, 6) is 1.78. The Labute approximate surface area is 135 Å². The van der Waals surface area contributed by atoms with E-state index in [1.54, 1.807) is 12.1 Å². The van der Waals surface area contributed by atoms with Crippen molar-refractivity contribution in [3.63, 3.8) is 0 Å². The third-order valence-corrected chi connectivity index (χ3v) is 3.41. The number of H-pyrrole nitrogens is 1. The first-order valence-corrected chi connectivity index (χ1v) is 7.64. The molecular formula is C16H23N5O2. The number of aromatic nitrogens is 3. The van der Waals surface area contributed by atoms with Gasteiger partial charge in [0.25, 0.3) is 5.91 Å². The molecule has 1 heterocycles. The van der Waals surface area contributed by atoms with Crippen LogP contribution in [0.3, 0.4) is 0 Å². The summed E-state index contributed by atoms with van der Waals surface area (Å²) in [6.07, 6.45) is 0.775. The fourth-order valence-electron chi connectivity index (χ4n) is 2.06. The van der Waals surface area contributed by atoms with Gasteiger partial charge in [0.15, 0.2) is 5.82 Å². The first kappa shape index (κ1) is 17.0. The largest absolute Gasteiger partial charge is 0.493 e. The van der Waals surface area contributed by atoms with Crippen molar-refractivity contribution in [1.82, 2.24) is 20.5 Å². The van der Waals surface area contributed by atoms with E-state index >= 15 is 0 Å². The minimum Gasteiger partial charge on any atom is -0.493 e. The molecule has 23 heavy (non-hydrogen) atoms. The van der Waals surface area contributed by atoms with Crippen LogP contribution in [0, 0.1) is 13.8 Å². The predicted molar refractivity (Wildman–Crippen MR) is 87.3 cm³/mol. The van der Waals surface area contributed by atoms with Crippen LogP contribution in [0.4, 0.5) is 0 Å². The van der Waals surface area contributed by atoms with Crippen LogP contribution in [0.25, 0.3) is 0 Å². The molecule has 0 saturated carbocycles. The quantitative estimate of drug-likeness (QED) is 0.673. The number of nitrogens with zero attached hydrogens (tertiary/aromatic N) is 2. The molecule has 1 aromatic carbocycles. The normalized spacial score (nSPS) is 12.0. The predicted octanol–water partition coefficient (Wildman–Crippen LogP) is 1.64. The number of nitrogens with one attached hydrogen (secondary N) is 2. The van der Waals surface area contributed by atoms with Crippen LogP contribution in [0.5, 0.6) is 5.75 Å². The molecule has 0 spiro atoms. The van der Waals surface area contributed by atoms with Crippen LogP contribution >= 0.6 is 0 Å². The molecule has 0 saturated heterocycles. The highest BCUT2D eigenvalue weighted by molar-refractivity contribution is 5.94. The topological polar surface area (TPSA) is 106 Å². The van der Waals surface area contributed by atoms with Crippen LogP contribution in [0.15, 0.2) is 18.2 Å². The second kappa shape index (κ2) is 7.73. The van der Waals surface area contributed by atoms with Gasteiger partial charge in [0.2, 0.25) is 0 Å². The maximum absolute atomic E-state index is 12.4. The summed E-state index contributed by atoms with van der Waals surface area (Å²) in [5.41, 5.74) is 6.98. The average Bonchev–Trinajstić information content (AvgIpc) is 2.96. The summed E-state index contributed by atoms with van der Waals surface area (Å²) in [4.78, 5) is 16.6. The number of carbonyl (C=O) groups excluding carboxylic acids is 1. The lowest BCUT2D eigenvalue weighted by Gasteiger charge is -2.13. The summed E-state index contributed by atoms with van der Waals surface area (Å²) < 4.78 is 5.67. The highest BCUT2D eigenvalue weighted by Crippen LogP contribution is 2.20. The van der Waals surface area contributed by atoms with Crippen molar-refractivity contribution >= 4 is 5.91 Å². The van der Waals surface area contributed by atoms with Gasteiger partial charge in [0.1, 0.15) is 11.6 Å². The molecule has 0 unspecified atom stereocenters. The van der Waals surface area contributed by atoms with E-state index in [-0.39, 0.29) is 11.9 Å². The molecule has 0 aliphatic heterocycles. The number of carbonyl (C=O) groups is 1. The molecule has 4 N–H and O–H groups in total. The molecule has 1 amide bonds. The van der Waals surface area contributed by atoms with Gasteiger partial charge < -0.3 is 15.8 Å². The molecule has 0 fully saturated rings. The Balaban J connectivity index is 2.05. The lowest BCUT2D eigenvalue weighted by atomic mass is 10.1. The van der Waals surface area contributed by atoms with Crippen LogP contribution in [0.1, 0.15) is 47.0 Å². The summed E-state index contributed by atoms with van der Waals surface area (Å²) in [6, 6.07) is 5.11. The van der Waals surface area contributed by atoms with Crippen LogP contribution < -0.4 is 15.8 Å². The lowest BCUT2D eigenvalue weighted by Crippen LogP contribution is -2.27. The Morgan fingerprint density at radius 3 is 2.87 bits per heavy atom. The van der Waals surface area contributed by atoms with Gasteiger partial charge in [0.05, 0.1) is 12.6 Å². The minimum atomic E-state index is -0.282. The molecule has 2 rings (SSSR count). The molecule has 0 radical (unpaired) electrons. The molecule has 0 bridgehead atoms. The monoisotopic (exact) mass is 317 g/mol. The zero-order valence-electron chi connectivity index (χ0n) is 13.7. The molecule has 1 aromatic heterocycles. The minimum absolute atomic E-state index is 0.191. The van der Waals surface area contributed by atoms with Gasteiger partial charge in [-0.3, -0.25) is 9.89 Å². The van der Waals surface area contributed by atoms with Crippen molar-refractivity contribution in [2.24, 2.45) is 5.73 Å². The first-order chi connectivity index (χ1) is 11.0. The highest BCUT2D eigenvalue weighted by Gasteiger charge is 2.16. The van der Waals surface area contributed by atoms with Gasteiger partial charge in [0, 0.05) is 5.56 Å². The van der Waals surface area contributed by atoms with Crippen molar-refractivity contribution in [3.05, 3.63) is 41.0 Å². The third-order valence-electron chi connectivity index (χ3n) is 3.41. The number of ether oxygens (including phenoxy) is 1. The Morgan fingerprint density at radius 1 is 1.43 bits per heavy atom. The van der Waals surface area contributed by atoms with E-state index in [0.717, 1.165) is 12.0 Å². The van der Waals surface area contributed by atoms with Crippen molar-refractivity contribution < 1.29 is 9.53 Å². The molecular weight excluding hydrogens is 294 g/mol. The average molecular weight is 317 g/mol. The van der Waals surface area contributed by atoms with Gasteiger partial charge in [-0.25, -0.2) is 4.98 Å². The Hall–Kier alpha value is -2.41. The molecule has 0 aliphatic rings. The van der Waals surface area contributed by atoms with Gasteiger partial charge in [-0.1, -0.05) is 6.07 Å². The number of rotatable bonds is 7. The molecule has 7 nitrogen and oxygen atoms in total. The van der Waals surface area contributed by atoms with Gasteiger partial charge in [-0.2, -0.15) is 5.10 Å². The van der Waals surface area contributed by atoms with Crippen molar-refractivity contribution in [3.8, 4) is 5.75 Å². The van der Waals surface area contributed by atoms with Gasteiger partial charge >= 0.3 is 0 Å². The van der Waals surface area contributed by atoms with E-state index in [1.165, 1.54) is 0 Å². The Bertz CT molecular complexity index is 668. The van der Waals surface area contributed by atoms with E-state index in [4.69, 9.17) is 10.5 Å². The smallest absolute Gasteiger partial charge is 0.251 e. The number of amides is 1. The summed E-state index contributed by atoms with van der Waals surface area (Å²) in [6.45, 7) is 6.71. The first-order valence-electron chi connectivity index (χ1n) is 7.64. The summed E-state index contributed by atoms with van der Waals surface area (Å²) in [7, 11) is 0. The molecule has 1 atom stereocenters. The zero-order chi connectivity index (χ0) is 16.8. The van der Waals surface area contributed by atoms with E-state index in [9.17, 15) is 4.79 Å². The fourth-order valence-corrected chi connectivity index (χ4v) is 2.06. The van der Waals surface area contributed by atoms with E-state index in [2.05, 4.69) is 20.5 Å². The number of aryl methyl sites for hydroxylation is 2. The van der Waals surface area contributed by atoms with Gasteiger partial charge in [-0.15, -0.1) is 0 Å². The van der Waals surface area contributed by atoms with E-state index in [0.29, 0.717) is 36.1 Å². The summed E-state index contributed by atoms with van der Waals surface area (Å²) >= 11 is 0. The van der Waals surface area contributed by atoms with Crippen molar-refractivity contribution in [2.75, 3.05) is 13.2 Å². The second-order valence-corrected chi connectivity index (χ2v) is 5.45. The number of aromatic amines is 1.